The number of ether oxygens (including phenoxy) is 1. The molecule has 1 heterocycles. The van der Waals surface area contributed by atoms with Gasteiger partial charge in [0.1, 0.15) is 0 Å². The predicted molar refractivity (Wildman–Crippen MR) is 65.9 cm³/mol. The molecule has 2 aromatic rings. The first-order valence-electron chi connectivity index (χ1n) is 5.57. The van der Waals surface area contributed by atoms with E-state index in [1.165, 1.54) is 0 Å². The fourth-order valence-corrected chi connectivity index (χ4v) is 1.64. The number of carboxylic acids is 1. The second kappa shape index (κ2) is 5.28. The van der Waals surface area contributed by atoms with Gasteiger partial charge in [0.25, 0.3) is 0 Å². The van der Waals surface area contributed by atoms with Crippen LogP contribution in [0.3, 0.4) is 0 Å². The van der Waals surface area contributed by atoms with Gasteiger partial charge in [0, 0.05) is 11.7 Å². The largest absolute Gasteiger partial charge is 0.477 e. The maximum absolute atomic E-state index is 12.0. The molecule has 7 heteroatoms. The number of halogens is 3. The molecule has 0 aliphatic carbocycles. The van der Waals surface area contributed by atoms with E-state index in [-0.39, 0.29) is 0 Å². The summed E-state index contributed by atoms with van der Waals surface area (Å²) < 4.78 is 40.4. The van der Waals surface area contributed by atoms with Gasteiger partial charge in [-0.25, -0.2) is 4.79 Å². The normalized spacial score (nSPS) is 12.7. The van der Waals surface area contributed by atoms with Crippen molar-refractivity contribution in [3.63, 3.8) is 0 Å². The van der Waals surface area contributed by atoms with E-state index in [0.29, 0.717) is 5.56 Å². The number of fused-ring (bicyclic) bond motifs is 1. The van der Waals surface area contributed by atoms with E-state index in [0.717, 1.165) is 17.0 Å². The van der Waals surface area contributed by atoms with Gasteiger partial charge in [-0.2, -0.15) is 13.2 Å². The number of aliphatic carboxylic acids is 1. The fourth-order valence-electron chi connectivity index (χ4n) is 1.64. The molecule has 1 aromatic carbocycles. The lowest BCUT2D eigenvalue weighted by Crippen LogP contribution is -2.19. The Balaban J connectivity index is 2.25. The van der Waals surface area contributed by atoms with Crippen LogP contribution >= 0.6 is 0 Å². The standard InChI is InChI=1S/C13H10F3NO3/c14-13(15,16)7-20-11(12(18)19)6-8-1-2-10-9(5-8)3-4-17-10/h1-6,17H,7H2,(H,18,19). The van der Waals surface area contributed by atoms with Crippen LogP contribution in [-0.2, 0) is 9.53 Å². The number of benzene rings is 1. The molecule has 0 bridgehead atoms. The van der Waals surface area contributed by atoms with Gasteiger partial charge in [0.2, 0.25) is 5.76 Å². The monoisotopic (exact) mass is 285 g/mol. The summed E-state index contributed by atoms with van der Waals surface area (Å²) in [5, 5.41) is 9.66. The summed E-state index contributed by atoms with van der Waals surface area (Å²) >= 11 is 0. The molecular formula is C13H10F3NO3. The first-order chi connectivity index (χ1) is 9.35. The van der Waals surface area contributed by atoms with Crippen molar-refractivity contribution in [3.8, 4) is 0 Å². The van der Waals surface area contributed by atoms with E-state index >= 15 is 0 Å². The highest BCUT2D eigenvalue weighted by molar-refractivity contribution is 5.91. The summed E-state index contributed by atoms with van der Waals surface area (Å²) in [5.41, 5.74) is 1.28. The number of H-pyrrole nitrogens is 1. The lowest BCUT2D eigenvalue weighted by Gasteiger charge is -2.09. The second-order valence-electron chi connectivity index (χ2n) is 4.04. The molecule has 1 aromatic heterocycles. The Morgan fingerprint density at radius 1 is 1.35 bits per heavy atom. The molecule has 0 saturated carbocycles. The van der Waals surface area contributed by atoms with Gasteiger partial charge in [-0.15, -0.1) is 0 Å². The smallest absolute Gasteiger partial charge is 0.422 e. The van der Waals surface area contributed by atoms with Crippen molar-refractivity contribution in [1.29, 1.82) is 0 Å². The van der Waals surface area contributed by atoms with Crippen LogP contribution in [0.15, 0.2) is 36.2 Å². The SMILES string of the molecule is O=C(O)C(=Cc1ccc2[nH]ccc2c1)OCC(F)(F)F. The number of rotatable bonds is 4. The molecule has 0 saturated heterocycles. The van der Waals surface area contributed by atoms with Gasteiger partial charge in [-0.05, 0) is 35.2 Å². The van der Waals surface area contributed by atoms with Crippen molar-refractivity contribution in [3.05, 3.63) is 41.8 Å². The Bertz CT molecular complexity index is 658. The maximum atomic E-state index is 12.0. The third-order valence-corrected chi connectivity index (χ3v) is 2.48. The van der Waals surface area contributed by atoms with E-state index < -0.39 is 24.5 Å². The van der Waals surface area contributed by atoms with E-state index in [1.807, 2.05) is 0 Å². The predicted octanol–water partition coefficient (Wildman–Crippen LogP) is 3.17. The van der Waals surface area contributed by atoms with E-state index in [2.05, 4.69) is 9.72 Å². The second-order valence-corrected chi connectivity index (χ2v) is 4.04. The average molecular weight is 285 g/mol. The number of carbonyl (C=O) groups is 1. The number of carboxylic acid groups (broad SMARTS) is 1. The molecule has 0 atom stereocenters. The highest BCUT2D eigenvalue weighted by Crippen LogP contribution is 2.20. The lowest BCUT2D eigenvalue weighted by atomic mass is 10.1. The molecular weight excluding hydrogens is 275 g/mol. The van der Waals surface area contributed by atoms with Crippen LogP contribution in [0.25, 0.3) is 17.0 Å². The summed E-state index contributed by atoms with van der Waals surface area (Å²) in [6.07, 6.45) is -1.82. The van der Waals surface area contributed by atoms with Crippen LogP contribution in [0.1, 0.15) is 5.56 Å². The fraction of sp³-hybridized carbons (Fsp3) is 0.154. The quantitative estimate of drug-likeness (QED) is 0.670. The number of hydrogen-bond acceptors (Lipinski definition) is 2. The highest BCUT2D eigenvalue weighted by atomic mass is 19.4. The Labute approximate surface area is 111 Å². The Morgan fingerprint density at radius 3 is 2.75 bits per heavy atom. The summed E-state index contributed by atoms with van der Waals surface area (Å²) in [6, 6.07) is 6.69. The number of hydrogen-bond donors (Lipinski definition) is 2. The third-order valence-electron chi connectivity index (χ3n) is 2.48. The third kappa shape index (κ3) is 3.53. The number of nitrogens with one attached hydrogen (secondary N) is 1. The zero-order valence-corrected chi connectivity index (χ0v) is 10.1. The number of aromatic amines is 1. The first-order valence-corrected chi connectivity index (χ1v) is 5.57. The van der Waals surface area contributed by atoms with Crippen molar-refractivity contribution in [2.45, 2.75) is 6.18 Å². The minimum atomic E-state index is -4.58. The van der Waals surface area contributed by atoms with Crippen LogP contribution in [0.2, 0.25) is 0 Å². The molecule has 0 radical (unpaired) electrons. The van der Waals surface area contributed by atoms with Gasteiger partial charge in [0.05, 0.1) is 0 Å². The Kier molecular flexibility index (Phi) is 3.69. The molecule has 0 aliphatic heterocycles. The van der Waals surface area contributed by atoms with Gasteiger partial charge in [-0.3, -0.25) is 0 Å². The lowest BCUT2D eigenvalue weighted by molar-refractivity contribution is -0.169. The summed E-state index contributed by atoms with van der Waals surface area (Å²) in [4.78, 5) is 13.8. The molecule has 106 valence electrons. The molecule has 0 unspecified atom stereocenters. The molecule has 2 N–H and O–H groups in total. The van der Waals surface area contributed by atoms with Crippen molar-refractivity contribution in [2.24, 2.45) is 0 Å². The maximum Gasteiger partial charge on any atom is 0.422 e. The van der Waals surface area contributed by atoms with Crippen molar-refractivity contribution in [2.75, 3.05) is 6.61 Å². The van der Waals surface area contributed by atoms with Crippen molar-refractivity contribution in [1.82, 2.24) is 4.98 Å². The van der Waals surface area contributed by atoms with Crippen LogP contribution in [-0.4, -0.2) is 28.8 Å². The van der Waals surface area contributed by atoms with Crippen LogP contribution in [0.5, 0.6) is 0 Å². The van der Waals surface area contributed by atoms with E-state index in [9.17, 15) is 18.0 Å². The summed E-state index contributed by atoms with van der Waals surface area (Å²) in [6.45, 7) is -1.64. The molecule has 0 amide bonds. The van der Waals surface area contributed by atoms with Gasteiger partial charge < -0.3 is 14.8 Å². The van der Waals surface area contributed by atoms with Gasteiger partial charge in [-0.1, -0.05) is 6.07 Å². The number of alkyl halides is 3. The summed E-state index contributed by atoms with van der Waals surface area (Å²) in [7, 11) is 0. The zero-order chi connectivity index (χ0) is 14.8. The molecule has 4 nitrogen and oxygen atoms in total. The minimum Gasteiger partial charge on any atom is -0.477 e. The van der Waals surface area contributed by atoms with Crippen molar-refractivity contribution >= 4 is 22.9 Å². The van der Waals surface area contributed by atoms with E-state index in [1.54, 1.807) is 30.5 Å². The van der Waals surface area contributed by atoms with Crippen LogP contribution in [0.4, 0.5) is 13.2 Å². The van der Waals surface area contributed by atoms with Gasteiger partial charge in [0.15, 0.2) is 6.61 Å². The highest BCUT2D eigenvalue weighted by Gasteiger charge is 2.29. The Morgan fingerprint density at radius 2 is 2.10 bits per heavy atom. The Hall–Kier alpha value is -2.44. The van der Waals surface area contributed by atoms with Crippen LogP contribution < -0.4 is 0 Å². The zero-order valence-electron chi connectivity index (χ0n) is 10.1. The number of aromatic nitrogens is 1. The molecule has 0 spiro atoms. The molecule has 0 fully saturated rings. The topological polar surface area (TPSA) is 62.3 Å². The molecule has 20 heavy (non-hydrogen) atoms. The van der Waals surface area contributed by atoms with Crippen LogP contribution in [0, 0.1) is 0 Å². The molecule has 2 rings (SSSR count). The first kappa shape index (κ1) is 14.0. The molecule has 0 aliphatic rings. The van der Waals surface area contributed by atoms with Gasteiger partial charge >= 0.3 is 12.1 Å². The van der Waals surface area contributed by atoms with E-state index in [4.69, 9.17) is 5.11 Å². The van der Waals surface area contributed by atoms with Crippen molar-refractivity contribution < 1.29 is 27.8 Å². The minimum absolute atomic E-state index is 0.441. The average Bonchev–Trinajstić information content (AvgIpc) is 2.80. The summed E-state index contributed by atoms with van der Waals surface area (Å²) in [5.74, 6) is -2.30.